The van der Waals surface area contributed by atoms with Crippen molar-refractivity contribution in [1.29, 1.82) is 0 Å². The molecule has 0 fully saturated rings. The number of rotatable bonds is 17. The molecule has 0 bridgehead atoms. The lowest BCUT2D eigenvalue weighted by Gasteiger charge is -2.25. The molecule has 0 atom stereocenters. The molecule has 2 heterocycles. The molecule has 17 aromatic carbocycles. The van der Waals surface area contributed by atoms with Gasteiger partial charge in [0.1, 0.15) is 0 Å². The Morgan fingerprint density at radius 1 is 0.148 bits per heavy atom. The third kappa shape index (κ3) is 12.9. The van der Waals surface area contributed by atoms with E-state index in [0.29, 0.717) is 0 Å². The summed E-state index contributed by atoms with van der Waals surface area (Å²) in [5.41, 5.74) is 27.6. The van der Waals surface area contributed by atoms with Gasteiger partial charge in [-0.05, 0) is 228 Å². The van der Waals surface area contributed by atoms with Crippen molar-refractivity contribution < 1.29 is 0 Å². The molecule has 0 radical (unpaired) electrons. The molecule has 108 heavy (non-hydrogen) atoms. The molecule has 0 unspecified atom stereocenters. The Balaban J connectivity index is 0.000000153. The van der Waals surface area contributed by atoms with Gasteiger partial charge in [0.25, 0.3) is 0 Å². The topological polar surface area (TPSA) is 22.8 Å². The summed E-state index contributed by atoms with van der Waals surface area (Å²) in [4.78, 5) is 9.20. The van der Waals surface area contributed by atoms with E-state index in [2.05, 4.69) is 478 Å². The zero-order valence-electron chi connectivity index (χ0n) is 59.4. The second-order valence-electron chi connectivity index (χ2n) is 26.8. The smallest absolute Gasteiger partial charge is 0.0547 e. The maximum absolute atomic E-state index is 2.42. The van der Waals surface area contributed by atoms with Gasteiger partial charge < -0.3 is 28.7 Å². The minimum absolute atomic E-state index is 1.11. The molecule has 0 aliphatic rings. The summed E-state index contributed by atoms with van der Waals surface area (Å²) in [6, 6.07) is 160. The highest BCUT2D eigenvalue weighted by atomic mass is 15.2. The van der Waals surface area contributed by atoms with Crippen LogP contribution in [0.3, 0.4) is 0 Å². The molecule has 512 valence electrons. The highest BCUT2D eigenvalue weighted by Crippen LogP contribution is 2.45. The summed E-state index contributed by atoms with van der Waals surface area (Å²) in [5.74, 6) is 0. The number of fused-ring (bicyclic) bond motifs is 6. The number of aromatic nitrogens is 2. The van der Waals surface area contributed by atoms with Crippen LogP contribution in [-0.2, 0) is 0 Å². The van der Waals surface area contributed by atoms with Crippen LogP contribution in [0.25, 0.3) is 88.4 Å². The molecular formula is C102H74N6. The van der Waals surface area contributed by atoms with Crippen LogP contribution in [0.5, 0.6) is 0 Å². The van der Waals surface area contributed by atoms with Crippen molar-refractivity contribution in [2.75, 3.05) is 19.6 Å². The highest BCUT2D eigenvalue weighted by molar-refractivity contribution is 6.17. The van der Waals surface area contributed by atoms with Gasteiger partial charge in [-0.15, -0.1) is 0 Å². The first-order chi connectivity index (χ1) is 53.6. The van der Waals surface area contributed by atoms with Crippen molar-refractivity contribution in [3.63, 3.8) is 0 Å². The summed E-state index contributed by atoms with van der Waals surface area (Å²) >= 11 is 0. The van der Waals surface area contributed by atoms with Gasteiger partial charge in [0.05, 0.1) is 22.1 Å². The van der Waals surface area contributed by atoms with E-state index in [4.69, 9.17) is 0 Å². The van der Waals surface area contributed by atoms with Gasteiger partial charge in [-0.3, -0.25) is 0 Å². The Bertz CT molecular complexity index is 6080. The van der Waals surface area contributed by atoms with Gasteiger partial charge in [-0.25, -0.2) is 0 Å². The number of hydrogen-bond donors (Lipinski definition) is 0. The van der Waals surface area contributed by atoms with E-state index in [0.717, 1.165) is 79.6 Å². The quantitative estimate of drug-likeness (QED) is 0.0906. The van der Waals surface area contributed by atoms with Crippen LogP contribution in [-0.4, -0.2) is 9.13 Å². The minimum Gasteiger partial charge on any atom is -0.311 e. The molecule has 0 saturated heterocycles. The second-order valence-corrected chi connectivity index (χ2v) is 26.8. The van der Waals surface area contributed by atoms with Crippen LogP contribution in [0.15, 0.2) is 449 Å². The van der Waals surface area contributed by atoms with Crippen LogP contribution < -0.4 is 19.6 Å². The fourth-order valence-electron chi connectivity index (χ4n) is 15.4. The summed E-state index contributed by atoms with van der Waals surface area (Å²) in [6.45, 7) is 0. The summed E-state index contributed by atoms with van der Waals surface area (Å²) in [6.07, 6.45) is 0. The lowest BCUT2D eigenvalue weighted by molar-refractivity contribution is 1.17. The molecule has 0 saturated carbocycles. The van der Waals surface area contributed by atoms with E-state index >= 15 is 0 Å². The van der Waals surface area contributed by atoms with Gasteiger partial charge in [-0.1, -0.05) is 255 Å². The predicted molar refractivity (Wildman–Crippen MR) is 457 cm³/mol. The molecule has 6 nitrogen and oxygen atoms in total. The van der Waals surface area contributed by atoms with E-state index < -0.39 is 0 Å². The Morgan fingerprint density at radius 2 is 0.389 bits per heavy atom. The predicted octanol–water partition coefficient (Wildman–Crippen LogP) is 28.4. The molecule has 6 heteroatoms. The molecule has 0 N–H and O–H groups in total. The number of nitrogens with zero attached hydrogens (tertiary/aromatic N) is 6. The van der Waals surface area contributed by atoms with Crippen molar-refractivity contribution >= 4 is 112 Å². The van der Waals surface area contributed by atoms with Crippen molar-refractivity contribution in [2.24, 2.45) is 0 Å². The molecule has 0 amide bonds. The van der Waals surface area contributed by atoms with Gasteiger partial charge in [0, 0.05) is 101 Å². The second kappa shape index (κ2) is 29.7. The summed E-state index contributed by atoms with van der Waals surface area (Å²) in [7, 11) is 0. The number of benzene rings is 17. The first kappa shape index (κ1) is 65.6. The van der Waals surface area contributed by atoms with Crippen molar-refractivity contribution in [3.05, 3.63) is 449 Å². The highest BCUT2D eigenvalue weighted by Gasteiger charge is 2.22. The standard InChI is InChI=1S/C54H39N3.C48H35N3/c1-5-18-43(19-6-1)55(44-20-7-2-8-21-44)47-35-31-40(32-36-47)42-17-15-26-49(39-42)57-52-29-14-13-27-51(52)54-50(28-16-30-53(54)57)41-33-37-48(38-34-41)56(45-22-9-3-10-23-45)46-24-11-4-12-25-46;1-5-16-37(17-6-1)49(38-18-7-2-8-19-38)41-30-28-36(29-31-41)44-25-15-27-47-48(44)45-24-13-14-26-46(45)51(47)43-34-32-42(33-35-43)50(39-20-9-3-10-21-39)40-22-11-4-12-23-40/h1-39H;1-35H. The van der Waals surface area contributed by atoms with Crippen molar-refractivity contribution in [1.82, 2.24) is 9.13 Å². The Kier molecular flexibility index (Phi) is 18.0. The van der Waals surface area contributed by atoms with Crippen molar-refractivity contribution in [2.45, 2.75) is 0 Å². The average Bonchev–Trinajstić information content (AvgIpc) is 1.59. The van der Waals surface area contributed by atoms with Crippen LogP contribution in [0, 0.1) is 0 Å². The van der Waals surface area contributed by atoms with Gasteiger partial charge in [-0.2, -0.15) is 0 Å². The van der Waals surface area contributed by atoms with E-state index in [-0.39, 0.29) is 0 Å². The van der Waals surface area contributed by atoms with Crippen LogP contribution in [0.1, 0.15) is 0 Å². The monoisotopic (exact) mass is 1380 g/mol. The molecule has 2 aromatic heterocycles. The number of para-hydroxylation sites is 10. The SMILES string of the molecule is c1ccc(N(c2ccccc2)c2ccc(-c3cccc(-n4c5ccccc5c5c(-c6ccc(N(c7ccccc7)c7ccccc7)cc6)cccc54)c3)cc2)cc1.c1ccc(N(c2ccccc2)c2ccc(-c3cccc4c3c3ccccc3n4-c3ccc(N(c4ccccc4)c4ccccc4)cc3)cc2)cc1. The molecule has 19 aromatic rings. The molecule has 0 aliphatic carbocycles. The third-order valence-corrected chi connectivity index (χ3v) is 20.3. The fraction of sp³-hybridized carbons (Fsp3) is 0. The van der Waals surface area contributed by atoms with Gasteiger partial charge >= 0.3 is 0 Å². The maximum atomic E-state index is 2.42. The largest absolute Gasteiger partial charge is 0.311 e. The zero-order chi connectivity index (χ0) is 72.0. The number of hydrogen-bond acceptors (Lipinski definition) is 4. The first-order valence-electron chi connectivity index (χ1n) is 36.8. The summed E-state index contributed by atoms with van der Waals surface area (Å²) < 4.78 is 4.81. The van der Waals surface area contributed by atoms with Crippen LogP contribution >= 0.6 is 0 Å². The maximum Gasteiger partial charge on any atom is 0.0547 e. The minimum atomic E-state index is 1.11. The zero-order valence-corrected chi connectivity index (χ0v) is 59.4. The Hall–Kier alpha value is -14.5. The van der Waals surface area contributed by atoms with E-state index in [1.165, 1.54) is 77.0 Å². The van der Waals surface area contributed by atoms with E-state index in [9.17, 15) is 0 Å². The first-order valence-corrected chi connectivity index (χ1v) is 36.8. The number of anilines is 12. The van der Waals surface area contributed by atoms with Crippen LogP contribution in [0.2, 0.25) is 0 Å². The summed E-state index contributed by atoms with van der Waals surface area (Å²) in [5, 5.41) is 4.98. The molecule has 19 rings (SSSR count). The normalized spacial score (nSPS) is 11.1. The van der Waals surface area contributed by atoms with Gasteiger partial charge in [0.2, 0.25) is 0 Å². The lowest BCUT2D eigenvalue weighted by Crippen LogP contribution is -2.09. The average molecular weight is 1380 g/mol. The molecule has 0 spiro atoms. The lowest BCUT2D eigenvalue weighted by atomic mass is 9.99. The van der Waals surface area contributed by atoms with E-state index in [1.54, 1.807) is 0 Å². The van der Waals surface area contributed by atoms with E-state index in [1.807, 2.05) is 0 Å². The Labute approximate surface area is 630 Å². The molecular weight excluding hydrogens is 1310 g/mol. The third-order valence-electron chi connectivity index (χ3n) is 20.3. The van der Waals surface area contributed by atoms with Gasteiger partial charge in [0.15, 0.2) is 0 Å². The van der Waals surface area contributed by atoms with Crippen LogP contribution in [0.4, 0.5) is 68.2 Å². The fourth-order valence-corrected chi connectivity index (χ4v) is 15.4. The Morgan fingerprint density at radius 3 is 0.704 bits per heavy atom. The van der Waals surface area contributed by atoms with Crippen molar-refractivity contribution in [3.8, 4) is 44.8 Å². The molecule has 0 aliphatic heterocycles.